The molecule has 4 unspecified atom stereocenters. The second-order valence-corrected chi connectivity index (χ2v) is 9.64. The smallest absolute Gasteiger partial charge is 0.310 e. The average molecular weight is 393 g/mol. The first-order valence-corrected chi connectivity index (χ1v) is 11.2. The number of carbonyl (C=O) groups excluding carboxylic acids is 1. The monoisotopic (exact) mass is 392 g/mol. The van der Waals surface area contributed by atoms with Crippen molar-refractivity contribution in [2.24, 2.45) is 17.3 Å². The number of fused-ring (bicyclic) bond motifs is 3. The fraction of sp³-hybridized carbons (Fsp3) is 0.560. The van der Waals surface area contributed by atoms with Gasteiger partial charge in [0.25, 0.3) is 0 Å². The van der Waals surface area contributed by atoms with E-state index in [1.54, 1.807) is 11.1 Å². The molecule has 29 heavy (non-hydrogen) atoms. The molecule has 0 radical (unpaired) electrons. The lowest BCUT2D eigenvalue weighted by Gasteiger charge is -2.45. The van der Waals surface area contributed by atoms with Gasteiger partial charge in [-0.1, -0.05) is 36.3 Å². The van der Waals surface area contributed by atoms with Gasteiger partial charge in [-0.05, 0) is 69.0 Å². The number of benzene rings is 1. The van der Waals surface area contributed by atoms with E-state index in [-0.39, 0.29) is 23.4 Å². The highest BCUT2D eigenvalue weighted by molar-refractivity contribution is 5.83. The predicted octanol–water partition coefficient (Wildman–Crippen LogP) is 4.76. The highest BCUT2D eigenvalue weighted by Crippen LogP contribution is 2.54. The maximum atomic E-state index is 12.6. The van der Waals surface area contributed by atoms with Crippen molar-refractivity contribution in [2.45, 2.75) is 58.5 Å². The van der Waals surface area contributed by atoms with Crippen molar-refractivity contribution in [2.75, 3.05) is 13.1 Å². The molecule has 2 fully saturated rings. The number of esters is 1. The fourth-order valence-corrected chi connectivity index (χ4v) is 6.16. The molecule has 5 rings (SSSR count). The number of H-pyrrole nitrogens is 1. The van der Waals surface area contributed by atoms with Gasteiger partial charge in [0, 0.05) is 29.6 Å². The third-order valence-electron chi connectivity index (χ3n) is 7.79. The Hall–Kier alpha value is -2.07. The zero-order chi connectivity index (χ0) is 20.0. The van der Waals surface area contributed by atoms with E-state index in [2.05, 4.69) is 54.6 Å². The second kappa shape index (κ2) is 7.32. The molecule has 0 amide bonds. The molecule has 3 aliphatic rings. The van der Waals surface area contributed by atoms with Crippen LogP contribution < -0.4 is 5.32 Å². The van der Waals surface area contributed by atoms with Crippen LogP contribution in [0.15, 0.2) is 41.6 Å². The number of ether oxygens (including phenoxy) is 1. The number of hydrogen-bond acceptors (Lipinski definition) is 3. The maximum absolute atomic E-state index is 12.6. The van der Waals surface area contributed by atoms with Gasteiger partial charge in [-0.3, -0.25) is 4.79 Å². The molecule has 1 aromatic heterocycles. The van der Waals surface area contributed by atoms with E-state index in [9.17, 15) is 4.79 Å². The first kappa shape index (κ1) is 18.9. The van der Waals surface area contributed by atoms with Crippen LogP contribution in [-0.4, -0.2) is 30.1 Å². The van der Waals surface area contributed by atoms with Crippen LogP contribution in [0.5, 0.6) is 0 Å². The highest BCUT2D eigenvalue weighted by atomic mass is 16.6. The van der Waals surface area contributed by atoms with Gasteiger partial charge in [0.15, 0.2) is 0 Å². The molecule has 154 valence electrons. The zero-order valence-corrected chi connectivity index (χ0v) is 17.6. The summed E-state index contributed by atoms with van der Waals surface area (Å²) in [6.45, 7) is 6.30. The van der Waals surface area contributed by atoms with Crippen molar-refractivity contribution >= 4 is 16.9 Å². The lowest BCUT2D eigenvalue weighted by Crippen LogP contribution is -2.40. The van der Waals surface area contributed by atoms with E-state index in [1.165, 1.54) is 35.7 Å². The highest BCUT2D eigenvalue weighted by Gasteiger charge is 2.52. The number of nitrogens with one attached hydrogen (secondary N) is 2. The molecule has 2 aliphatic carbocycles. The van der Waals surface area contributed by atoms with Gasteiger partial charge in [0.05, 0.1) is 5.92 Å². The summed E-state index contributed by atoms with van der Waals surface area (Å²) in [7, 11) is 0. The molecule has 2 N–H and O–H groups in total. The van der Waals surface area contributed by atoms with Gasteiger partial charge < -0.3 is 15.0 Å². The van der Waals surface area contributed by atoms with Crippen molar-refractivity contribution in [3.8, 4) is 0 Å². The molecule has 0 bridgehead atoms. The zero-order valence-electron chi connectivity index (χ0n) is 17.6. The molecule has 2 heterocycles. The van der Waals surface area contributed by atoms with Crippen LogP contribution >= 0.6 is 0 Å². The maximum Gasteiger partial charge on any atom is 0.310 e. The van der Waals surface area contributed by atoms with Crippen LogP contribution in [0.2, 0.25) is 0 Å². The largest absolute Gasteiger partial charge is 0.462 e. The lowest BCUT2D eigenvalue weighted by atomic mass is 9.59. The van der Waals surface area contributed by atoms with Crippen LogP contribution in [0.4, 0.5) is 0 Å². The van der Waals surface area contributed by atoms with Crippen LogP contribution in [0.1, 0.15) is 51.5 Å². The topological polar surface area (TPSA) is 54.1 Å². The molecular weight excluding hydrogens is 360 g/mol. The van der Waals surface area contributed by atoms with Gasteiger partial charge in [0.2, 0.25) is 0 Å². The van der Waals surface area contributed by atoms with E-state index in [0.717, 1.165) is 32.4 Å². The SMILES string of the molecule is CC1=C2CC3C(CC2(C)CCC1)OC(=O)C3CNCCc1c[nH]c2ccccc12. The number of para-hydroxylation sites is 1. The standard InChI is InChI=1S/C25H32N2O2/c1-16-6-5-10-25(2)13-23-19(12-21(16)25)20(24(28)29-23)15-26-11-9-17-14-27-22-8-4-3-7-18(17)22/h3-4,7-8,14,19-20,23,26-27H,5-6,9-13,15H2,1-2H3. The van der Waals surface area contributed by atoms with Crippen LogP contribution in [0.3, 0.4) is 0 Å². The molecule has 1 aromatic carbocycles. The number of aromatic nitrogens is 1. The molecule has 4 nitrogen and oxygen atoms in total. The number of hydrogen-bond donors (Lipinski definition) is 2. The van der Waals surface area contributed by atoms with Crippen molar-refractivity contribution in [1.29, 1.82) is 0 Å². The summed E-state index contributed by atoms with van der Waals surface area (Å²) in [5, 5.41) is 4.85. The van der Waals surface area contributed by atoms with Crippen LogP contribution in [0, 0.1) is 17.3 Å². The van der Waals surface area contributed by atoms with E-state index < -0.39 is 0 Å². The Morgan fingerprint density at radius 1 is 1.31 bits per heavy atom. The van der Waals surface area contributed by atoms with Gasteiger partial charge in [0.1, 0.15) is 6.10 Å². The molecular formula is C25H32N2O2. The Bertz CT molecular complexity index is 959. The first-order chi connectivity index (χ1) is 14.0. The van der Waals surface area contributed by atoms with Gasteiger partial charge in [-0.25, -0.2) is 0 Å². The van der Waals surface area contributed by atoms with Crippen molar-refractivity contribution in [3.63, 3.8) is 0 Å². The molecule has 1 saturated heterocycles. The molecule has 4 heteroatoms. The number of allylic oxidation sites excluding steroid dienone is 2. The summed E-state index contributed by atoms with van der Waals surface area (Å²) >= 11 is 0. The Morgan fingerprint density at radius 3 is 3.07 bits per heavy atom. The molecule has 1 saturated carbocycles. The predicted molar refractivity (Wildman–Crippen MR) is 116 cm³/mol. The first-order valence-electron chi connectivity index (χ1n) is 11.2. The molecule has 1 aliphatic heterocycles. The van der Waals surface area contributed by atoms with E-state index in [4.69, 9.17) is 4.74 Å². The number of carbonyl (C=O) groups is 1. The van der Waals surface area contributed by atoms with Crippen molar-refractivity contribution in [3.05, 3.63) is 47.2 Å². The Morgan fingerprint density at radius 2 is 2.17 bits per heavy atom. The molecule has 2 aromatic rings. The quantitative estimate of drug-likeness (QED) is 0.438. The summed E-state index contributed by atoms with van der Waals surface area (Å²) < 4.78 is 5.88. The number of aromatic amines is 1. The third-order valence-corrected chi connectivity index (χ3v) is 7.79. The molecule has 0 spiro atoms. The van der Waals surface area contributed by atoms with Crippen LogP contribution in [-0.2, 0) is 16.0 Å². The minimum Gasteiger partial charge on any atom is -0.462 e. The minimum atomic E-state index is -0.00487. The lowest BCUT2D eigenvalue weighted by molar-refractivity contribution is -0.145. The van der Waals surface area contributed by atoms with Crippen molar-refractivity contribution < 1.29 is 9.53 Å². The Balaban J connectivity index is 1.22. The summed E-state index contributed by atoms with van der Waals surface area (Å²) in [5.74, 6) is 0.356. The second-order valence-electron chi connectivity index (χ2n) is 9.64. The van der Waals surface area contributed by atoms with Gasteiger partial charge >= 0.3 is 5.97 Å². The Kier molecular flexibility index (Phi) is 4.78. The van der Waals surface area contributed by atoms with E-state index >= 15 is 0 Å². The number of rotatable bonds is 5. The fourth-order valence-electron chi connectivity index (χ4n) is 6.16. The summed E-state index contributed by atoms with van der Waals surface area (Å²) in [4.78, 5) is 16.0. The van der Waals surface area contributed by atoms with E-state index in [0.29, 0.717) is 5.92 Å². The van der Waals surface area contributed by atoms with E-state index in [1.807, 2.05) is 0 Å². The average Bonchev–Trinajstić information content (AvgIpc) is 3.24. The summed E-state index contributed by atoms with van der Waals surface area (Å²) in [6.07, 6.45) is 8.99. The van der Waals surface area contributed by atoms with Crippen LogP contribution in [0.25, 0.3) is 10.9 Å². The van der Waals surface area contributed by atoms with Crippen molar-refractivity contribution in [1.82, 2.24) is 10.3 Å². The third kappa shape index (κ3) is 3.31. The summed E-state index contributed by atoms with van der Waals surface area (Å²) in [6, 6.07) is 8.42. The Labute approximate surface area is 173 Å². The summed E-state index contributed by atoms with van der Waals surface area (Å²) in [5.41, 5.74) is 5.97. The van der Waals surface area contributed by atoms with Gasteiger partial charge in [-0.2, -0.15) is 0 Å². The minimum absolute atomic E-state index is 0.00487. The normalized spacial score (nSPS) is 31.7. The van der Waals surface area contributed by atoms with Gasteiger partial charge in [-0.15, -0.1) is 0 Å². The molecule has 4 atom stereocenters.